The molecule has 0 amide bonds. The number of aryl methyl sites for hydroxylation is 1. The molecule has 0 saturated heterocycles. The van der Waals surface area contributed by atoms with Gasteiger partial charge in [-0.1, -0.05) is 223 Å². The van der Waals surface area contributed by atoms with E-state index in [0.717, 1.165) is 63.4 Å². The molecule has 0 heterocycles. The maximum atomic E-state index is 14.7. The Bertz CT molecular complexity index is 2240. The maximum Gasteiger partial charge on any atom is 1.00 e. The van der Waals surface area contributed by atoms with Crippen LogP contribution in [0.2, 0.25) is 0 Å². The Morgan fingerprint density at radius 3 is 1.47 bits per heavy atom. The number of aliphatic imine (C=N–C) groups is 1. The van der Waals surface area contributed by atoms with Crippen LogP contribution in [0.3, 0.4) is 0 Å². The van der Waals surface area contributed by atoms with Crippen molar-refractivity contribution >= 4 is 47.1 Å². The Morgan fingerprint density at radius 2 is 1.00 bits per heavy atom. The van der Waals surface area contributed by atoms with Gasteiger partial charge in [0, 0.05) is 36.9 Å². The predicted molar refractivity (Wildman–Crippen MR) is 309 cm³/mol. The second kappa shape index (κ2) is 52.5. The van der Waals surface area contributed by atoms with Gasteiger partial charge in [-0.25, -0.2) is 0 Å². The van der Waals surface area contributed by atoms with Gasteiger partial charge in [-0.2, -0.15) is 13.6 Å². The van der Waals surface area contributed by atoms with Crippen LogP contribution >= 0.6 is 23.8 Å². The van der Waals surface area contributed by atoms with Crippen LogP contribution < -0.4 is 143 Å². The summed E-state index contributed by atoms with van der Waals surface area (Å²) in [6.45, 7) is 2.91. The number of benzene rings is 2. The molecule has 1 fully saturated rings. The summed E-state index contributed by atoms with van der Waals surface area (Å²) in [5.41, 5.74) is 1.78. The summed E-state index contributed by atoms with van der Waals surface area (Å²) in [7, 11) is -17.3. The quantitative estimate of drug-likeness (QED) is 0.0126. The van der Waals surface area contributed by atoms with E-state index < -0.39 is 85.5 Å². The largest absolute Gasteiger partial charge is 1.00 e. The second-order valence-electron chi connectivity index (χ2n) is 22.1. The van der Waals surface area contributed by atoms with Crippen molar-refractivity contribution in [2.75, 3.05) is 19.8 Å². The van der Waals surface area contributed by atoms with Gasteiger partial charge in [-0.15, -0.1) is 0 Å². The maximum absolute atomic E-state index is 14.7. The Kier molecular flexibility index (Phi) is 54.5. The van der Waals surface area contributed by atoms with E-state index in [2.05, 4.69) is 27.9 Å². The number of phosphoric ester groups is 3. The summed E-state index contributed by atoms with van der Waals surface area (Å²) in [5.74, 6) is -2.45. The molecule has 3 rings (SSSR count). The molecule has 1 saturated carbocycles. The van der Waals surface area contributed by atoms with Crippen molar-refractivity contribution in [1.82, 2.24) is 0 Å². The van der Waals surface area contributed by atoms with E-state index in [9.17, 15) is 68.4 Å². The average Bonchev–Trinajstić information content (AvgIpc) is 1.00. The van der Waals surface area contributed by atoms with Gasteiger partial charge < -0.3 is 63.5 Å². The first-order valence-corrected chi connectivity index (χ1v) is 35.1. The minimum Gasteiger partial charge on any atom is -0.862 e. The van der Waals surface area contributed by atoms with Gasteiger partial charge >= 0.3 is 126 Å². The number of hydrogen-bond acceptors (Lipinski definition) is 19. The third-order valence-corrected chi connectivity index (χ3v) is 17.4. The molecular weight excluding hydrogens is 1220 g/mol. The van der Waals surface area contributed by atoms with Crippen molar-refractivity contribution in [3.05, 3.63) is 71.3 Å². The summed E-state index contributed by atoms with van der Waals surface area (Å²) in [6, 6.07) is 15.6. The fourth-order valence-electron chi connectivity index (χ4n) is 10.1. The van der Waals surface area contributed by atoms with Gasteiger partial charge in [-0.3, -0.25) is 18.9 Å². The van der Waals surface area contributed by atoms with Crippen LogP contribution in [0.5, 0.6) is 0 Å². The second-order valence-corrected chi connectivity index (χ2v) is 26.0. The van der Waals surface area contributed by atoms with Gasteiger partial charge in [0.25, 0.3) is 7.82 Å². The van der Waals surface area contributed by atoms with E-state index in [1.54, 1.807) is 48.5 Å². The number of ketones is 3. The molecule has 2 aromatic carbocycles. The van der Waals surface area contributed by atoms with E-state index in [0.29, 0.717) is 30.4 Å². The van der Waals surface area contributed by atoms with Gasteiger partial charge in [0.2, 0.25) is 0 Å². The third-order valence-electron chi connectivity index (χ3n) is 14.9. The fraction of sp³-hybridized carbons (Fsp3) is 0.733. The number of carbonyl (C=O) groups excluding carboxylic acids is 3. The molecule has 0 spiro atoms. The van der Waals surface area contributed by atoms with Crippen molar-refractivity contribution in [3.63, 3.8) is 0 Å². The number of phosphoric acid groups is 3. The summed E-state index contributed by atoms with van der Waals surface area (Å²) in [4.78, 5) is 104. The van der Waals surface area contributed by atoms with Gasteiger partial charge in [-0.05, 0) is 43.6 Å². The predicted octanol–water partition coefficient (Wildman–Crippen LogP) is -3.27. The molecule has 474 valence electrons. The van der Waals surface area contributed by atoms with Gasteiger partial charge in [0.05, 0.1) is 20.3 Å². The zero-order valence-electron chi connectivity index (χ0n) is 53.2. The van der Waals surface area contributed by atoms with Gasteiger partial charge in [0.1, 0.15) is 48.7 Å². The molecular formula is C60H96NNa4O19P3. The van der Waals surface area contributed by atoms with Crippen molar-refractivity contribution in [1.29, 1.82) is 0 Å². The standard InChI is InChI=1S/C60H100NO19P3.4Na/c1-3-5-7-9-11-13-15-17-19-21-23-25-30-35-51(62)45-50(52(63)36-31-26-24-22-20-18-16-14-12-10-8-6-4-2)46-77-83(75,80-58-55(66)56(67)59(78-81(69,70)71)60(57(58)68)79-82(72,73)74)76-44-32-43-61-53(64)42-39-47-37-40-49(41-38-47)54(65)48-33-28-27-29-34-48;;;;/h27-29,33-34,37-38,40-41,50,55-60,66-68H,3-26,30-32,35-36,39,42-46H2,1-2H3,(H,61,64)(H2,69,70,71)(H2,72,73,74);;;;/q;4*+1/p-4/t50-,55+,56-,57-,58+,59+,60+,83?;;;;/m0..../s1. The monoisotopic (exact) mass is 1320 g/mol. The molecule has 1 aliphatic rings. The molecule has 20 nitrogen and oxygen atoms in total. The minimum absolute atomic E-state index is 0. The number of aliphatic hydroxyl groups excluding tert-OH is 3. The number of rotatable bonds is 50. The van der Waals surface area contributed by atoms with E-state index in [-0.39, 0.29) is 174 Å². The van der Waals surface area contributed by atoms with E-state index in [1.165, 1.54) is 96.3 Å². The van der Waals surface area contributed by atoms with Crippen LogP contribution in [0.15, 0.2) is 59.6 Å². The number of nitrogens with zero attached hydrogens (tertiary/aromatic N) is 1. The number of unbranched alkanes of at least 4 members (excludes halogenated alkanes) is 24. The van der Waals surface area contributed by atoms with Crippen molar-refractivity contribution in [2.24, 2.45) is 10.9 Å². The molecule has 0 aliphatic heterocycles. The molecule has 87 heavy (non-hydrogen) atoms. The van der Waals surface area contributed by atoms with Crippen molar-refractivity contribution < 1.29 is 209 Å². The van der Waals surface area contributed by atoms with E-state index in [1.807, 2.05) is 6.07 Å². The number of hydrogen-bond donors (Lipinski definition) is 4. The third kappa shape index (κ3) is 41.1. The molecule has 9 atom stereocenters. The summed E-state index contributed by atoms with van der Waals surface area (Å²) < 4.78 is 49.0. The zero-order chi connectivity index (χ0) is 60.9. The van der Waals surface area contributed by atoms with Crippen LogP contribution in [0.4, 0.5) is 0 Å². The van der Waals surface area contributed by atoms with E-state index >= 15 is 0 Å². The number of carbonyl (C=O) groups is 3. The van der Waals surface area contributed by atoms with Crippen LogP contribution in [0, 0.1) is 5.92 Å². The topological polar surface area (TPSA) is 340 Å². The summed E-state index contributed by atoms with van der Waals surface area (Å²) in [5, 5.41) is 46.2. The molecule has 2 unspecified atom stereocenters. The molecule has 4 N–H and O–H groups in total. The Hall–Kier alpha value is 1.29. The SMILES string of the molecule is CCCCCCCCCCCCCCCC(=O)C[C@@H](CO[P+]([O-])(OCCCN=C([O-])CCc1ccc(C(=O)c2ccccc2)cc1)O[C@@H]1[C@H](O)[C@H](O)[C@@H](OP(=O)([O-])[O-])[C@H](OP(=O)([O-])O)[C@H]1O)C(=O)CCCCCCCCCCCCCCC.[Na+].[Na+].[Na+].[Na+]. The summed E-state index contributed by atoms with van der Waals surface area (Å²) in [6.07, 6.45) is 13.0. The minimum atomic E-state index is -6.12. The molecule has 2 aromatic rings. The molecule has 0 aromatic heterocycles. The first-order chi connectivity index (χ1) is 39.7. The first-order valence-electron chi connectivity index (χ1n) is 30.6. The molecule has 0 bridgehead atoms. The normalized spacial score (nSPS) is 19.5. The van der Waals surface area contributed by atoms with Crippen LogP contribution in [-0.2, 0) is 47.8 Å². The van der Waals surface area contributed by atoms with Crippen LogP contribution in [0.1, 0.15) is 234 Å². The molecule has 27 heteroatoms. The first kappa shape index (κ1) is 90.3. The van der Waals surface area contributed by atoms with E-state index in [4.69, 9.17) is 13.6 Å². The summed E-state index contributed by atoms with van der Waals surface area (Å²) >= 11 is 0. The van der Waals surface area contributed by atoms with Gasteiger partial charge in [0.15, 0.2) is 11.9 Å². The van der Waals surface area contributed by atoms with Crippen molar-refractivity contribution in [2.45, 2.75) is 256 Å². The smallest absolute Gasteiger partial charge is 0.862 e. The number of aliphatic hydroxyl groups is 3. The van der Waals surface area contributed by atoms with Crippen molar-refractivity contribution in [3.8, 4) is 0 Å². The Balaban J connectivity index is 0. The molecule has 1 aliphatic carbocycles. The van der Waals surface area contributed by atoms with Crippen LogP contribution in [-0.4, -0.2) is 99.8 Å². The number of Topliss-reactive ketones (excluding diaryl/α,β-unsaturated/α-hetero) is 2. The average molecular weight is 1320 g/mol. The molecule has 0 radical (unpaired) electrons. The van der Waals surface area contributed by atoms with Crippen LogP contribution in [0.25, 0.3) is 0 Å². The fourth-order valence-corrected chi connectivity index (χ4v) is 12.7. The zero-order valence-corrected chi connectivity index (χ0v) is 63.9. The Morgan fingerprint density at radius 1 is 0.563 bits per heavy atom. The Labute approximate surface area is 607 Å².